The van der Waals surface area contributed by atoms with Gasteiger partial charge in [0.15, 0.2) is 0 Å². The zero-order chi connectivity index (χ0) is 9.41. The smallest absolute Gasteiger partial charge is 0.396 e. The second kappa shape index (κ2) is 4.02. The van der Waals surface area contributed by atoms with Gasteiger partial charge >= 0.3 is 6.18 Å². The van der Waals surface area contributed by atoms with E-state index in [2.05, 4.69) is 0 Å². The molecule has 1 aliphatic rings. The highest BCUT2D eigenvalue weighted by Gasteiger charge is 2.55. The molecule has 0 aromatic carbocycles. The van der Waals surface area contributed by atoms with Gasteiger partial charge in [0.2, 0.25) is 0 Å². The Labute approximate surface area is 80.7 Å². The summed E-state index contributed by atoms with van der Waals surface area (Å²) < 4.78 is 36.7. The summed E-state index contributed by atoms with van der Waals surface area (Å²) in [7, 11) is 0. The fourth-order valence-corrected chi connectivity index (χ4v) is 1.59. The van der Waals surface area contributed by atoms with Crippen LogP contribution in [0.4, 0.5) is 13.2 Å². The van der Waals surface area contributed by atoms with Gasteiger partial charge in [-0.1, -0.05) is 0 Å². The first-order valence-electron chi connectivity index (χ1n) is 3.85. The van der Waals surface area contributed by atoms with Gasteiger partial charge in [-0.25, -0.2) is 0 Å². The number of rotatable bonds is 1. The van der Waals surface area contributed by atoms with Gasteiger partial charge in [0.25, 0.3) is 0 Å². The molecular weight excluding hydrogens is 207 g/mol. The van der Waals surface area contributed by atoms with E-state index in [9.17, 15) is 13.2 Å². The fourth-order valence-electron chi connectivity index (χ4n) is 1.59. The van der Waals surface area contributed by atoms with Crippen molar-refractivity contribution in [3.05, 3.63) is 0 Å². The minimum absolute atomic E-state index is 0. The van der Waals surface area contributed by atoms with Gasteiger partial charge in [-0.15, -0.1) is 12.4 Å². The number of aliphatic hydroxyl groups excluding tert-OH is 1. The summed E-state index contributed by atoms with van der Waals surface area (Å²) in [6.45, 7) is -0.199. The van der Waals surface area contributed by atoms with E-state index in [0.717, 1.165) is 0 Å². The van der Waals surface area contributed by atoms with Crippen molar-refractivity contribution in [2.45, 2.75) is 31.0 Å². The zero-order valence-electron chi connectivity index (χ0n) is 6.97. The van der Waals surface area contributed by atoms with Crippen LogP contribution in [0.5, 0.6) is 0 Å². The van der Waals surface area contributed by atoms with Crippen molar-refractivity contribution >= 4 is 12.4 Å². The van der Waals surface area contributed by atoms with E-state index >= 15 is 0 Å². The van der Waals surface area contributed by atoms with Crippen molar-refractivity contribution in [3.63, 3.8) is 0 Å². The molecule has 0 aromatic heterocycles. The van der Waals surface area contributed by atoms with Crippen molar-refractivity contribution in [2.24, 2.45) is 11.7 Å². The highest BCUT2D eigenvalue weighted by Crippen LogP contribution is 2.43. The molecule has 0 radical (unpaired) electrons. The van der Waals surface area contributed by atoms with Crippen LogP contribution in [0.15, 0.2) is 0 Å². The van der Waals surface area contributed by atoms with Crippen LogP contribution in [0.2, 0.25) is 0 Å². The molecule has 1 aliphatic carbocycles. The average molecular weight is 220 g/mol. The van der Waals surface area contributed by atoms with Crippen molar-refractivity contribution in [1.82, 2.24) is 0 Å². The van der Waals surface area contributed by atoms with E-state index in [0.29, 0.717) is 6.42 Å². The Morgan fingerprint density at radius 3 is 2.23 bits per heavy atom. The van der Waals surface area contributed by atoms with Crippen LogP contribution in [0.3, 0.4) is 0 Å². The topological polar surface area (TPSA) is 46.2 Å². The van der Waals surface area contributed by atoms with Gasteiger partial charge in [-0.2, -0.15) is 13.2 Å². The molecule has 0 heterocycles. The largest absolute Gasteiger partial charge is 0.406 e. The summed E-state index contributed by atoms with van der Waals surface area (Å²) in [5.74, 6) is -0.281. The van der Waals surface area contributed by atoms with E-state index in [1.165, 1.54) is 0 Å². The highest BCUT2D eigenvalue weighted by molar-refractivity contribution is 5.85. The molecular formula is C7H13ClF3NO. The molecule has 1 rings (SSSR count). The van der Waals surface area contributed by atoms with E-state index in [1.54, 1.807) is 0 Å². The van der Waals surface area contributed by atoms with Gasteiger partial charge < -0.3 is 10.8 Å². The third kappa shape index (κ3) is 2.48. The maximum atomic E-state index is 12.2. The molecule has 0 saturated heterocycles. The van der Waals surface area contributed by atoms with Crippen molar-refractivity contribution in [2.75, 3.05) is 6.61 Å². The Hall–Kier alpha value is -0.0000000000000000486. The summed E-state index contributed by atoms with van der Waals surface area (Å²) in [5.41, 5.74) is 3.11. The average Bonchev–Trinajstić information content (AvgIpc) is 2.31. The second-order valence-electron chi connectivity index (χ2n) is 3.45. The maximum absolute atomic E-state index is 12.2. The molecule has 0 aromatic rings. The zero-order valence-corrected chi connectivity index (χ0v) is 7.79. The third-order valence-corrected chi connectivity index (χ3v) is 2.47. The Morgan fingerprint density at radius 1 is 1.46 bits per heavy atom. The van der Waals surface area contributed by atoms with E-state index in [1.807, 2.05) is 0 Å². The molecule has 1 fully saturated rings. The molecule has 80 valence electrons. The van der Waals surface area contributed by atoms with Crippen LogP contribution in [0.1, 0.15) is 19.3 Å². The predicted octanol–water partition coefficient (Wildman–Crippen LogP) is 1.46. The molecule has 3 N–H and O–H groups in total. The van der Waals surface area contributed by atoms with Gasteiger partial charge in [0.1, 0.15) is 5.54 Å². The van der Waals surface area contributed by atoms with Crippen LogP contribution in [0.25, 0.3) is 0 Å². The van der Waals surface area contributed by atoms with Crippen LogP contribution >= 0.6 is 12.4 Å². The molecule has 2 nitrogen and oxygen atoms in total. The SMILES string of the molecule is Cl.NC1(C(F)(F)F)CCC(CO)C1. The van der Waals surface area contributed by atoms with Crippen LogP contribution in [-0.2, 0) is 0 Å². The molecule has 0 bridgehead atoms. The van der Waals surface area contributed by atoms with Gasteiger partial charge in [-0.3, -0.25) is 0 Å². The first-order valence-corrected chi connectivity index (χ1v) is 3.85. The van der Waals surface area contributed by atoms with Gasteiger partial charge in [-0.05, 0) is 25.2 Å². The lowest BCUT2D eigenvalue weighted by atomic mass is 9.97. The summed E-state index contributed by atoms with van der Waals surface area (Å²) in [6, 6.07) is 0. The van der Waals surface area contributed by atoms with Crippen LogP contribution in [-0.4, -0.2) is 23.4 Å². The first-order chi connectivity index (χ1) is 5.39. The number of alkyl halides is 3. The second-order valence-corrected chi connectivity index (χ2v) is 3.45. The Morgan fingerprint density at radius 2 is 2.00 bits per heavy atom. The lowest BCUT2D eigenvalue weighted by Crippen LogP contribution is -2.51. The van der Waals surface area contributed by atoms with Gasteiger partial charge in [0.05, 0.1) is 0 Å². The maximum Gasteiger partial charge on any atom is 0.406 e. The highest BCUT2D eigenvalue weighted by atomic mass is 35.5. The number of halogens is 4. The summed E-state index contributed by atoms with van der Waals surface area (Å²) >= 11 is 0. The number of hydrogen-bond donors (Lipinski definition) is 2. The molecule has 13 heavy (non-hydrogen) atoms. The quantitative estimate of drug-likeness (QED) is 0.702. The summed E-state index contributed by atoms with van der Waals surface area (Å²) in [6.07, 6.45) is -4.18. The number of nitrogens with two attached hydrogens (primary N) is 1. The summed E-state index contributed by atoms with van der Waals surface area (Å²) in [4.78, 5) is 0. The molecule has 0 amide bonds. The Kier molecular flexibility index (Phi) is 4.02. The van der Waals surface area contributed by atoms with Crippen LogP contribution < -0.4 is 5.73 Å². The standard InChI is InChI=1S/C7H12F3NO.ClH/c8-7(9,10)6(11)2-1-5(3-6)4-12;/h5,12H,1-4,11H2;1H. The van der Waals surface area contributed by atoms with E-state index in [-0.39, 0.29) is 37.8 Å². The molecule has 0 aliphatic heterocycles. The number of aliphatic hydroxyl groups is 1. The fraction of sp³-hybridized carbons (Fsp3) is 1.00. The normalized spacial score (nSPS) is 34.4. The lowest BCUT2D eigenvalue weighted by molar-refractivity contribution is -0.184. The summed E-state index contributed by atoms with van der Waals surface area (Å²) in [5, 5.41) is 8.64. The van der Waals surface area contributed by atoms with Crippen molar-refractivity contribution in [3.8, 4) is 0 Å². The van der Waals surface area contributed by atoms with E-state index in [4.69, 9.17) is 10.8 Å². The molecule has 2 atom stereocenters. The molecule has 0 spiro atoms. The Bertz CT molecular complexity index is 176. The minimum atomic E-state index is -4.34. The lowest BCUT2D eigenvalue weighted by Gasteiger charge is -2.26. The minimum Gasteiger partial charge on any atom is -0.396 e. The van der Waals surface area contributed by atoms with Crippen LogP contribution in [0, 0.1) is 5.92 Å². The van der Waals surface area contributed by atoms with Crippen molar-refractivity contribution < 1.29 is 18.3 Å². The van der Waals surface area contributed by atoms with Crippen molar-refractivity contribution in [1.29, 1.82) is 0 Å². The first kappa shape index (κ1) is 13.0. The molecule has 2 unspecified atom stereocenters. The third-order valence-electron chi connectivity index (χ3n) is 2.47. The Balaban J connectivity index is 0.00000144. The number of hydrogen-bond acceptors (Lipinski definition) is 2. The van der Waals surface area contributed by atoms with E-state index < -0.39 is 11.7 Å². The molecule has 1 saturated carbocycles. The molecule has 6 heteroatoms. The monoisotopic (exact) mass is 219 g/mol. The predicted molar refractivity (Wildman–Crippen MR) is 44.6 cm³/mol. The van der Waals surface area contributed by atoms with Gasteiger partial charge in [0, 0.05) is 6.61 Å².